The molecular formula is C13H28N+. The van der Waals surface area contributed by atoms with Crippen molar-refractivity contribution in [2.45, 2.75) is 45.4 Å². The zero-order valence-corrected chi connectivity index (χ0v) is 10.6. The van der Waals surface area contributed by atoms with Crippen LogP contribution in [0.5, 0.6) is 0 Å². The first-order valence-electron chi connectivity index (χ1n) is 6.01. The molecule has 0 rings (SSSR count). The molecule has 0 fully saturated rings. The van der Waals surface area contributed by atoms with E-state index in [-0.39, 0.29) is 0 Å². The first-order chi connectivity index (χ1) is 6.56. The highest BCUT2D eigenvalue weighted by Gasteiger charge is 2.00. The largest absolute Gasteiger partial charge is 0.328 e. The molecule has 0 aliphatic rings. The molecule has 0 aromatic carbocycles. The van der Waals surface area contributed by atoms with Gasteiger partial charge in [-0.05, 0) is 18.9 Å². The molecule has 1 heteroatoms. The molecule has 84 valence electrons. The van der Waals surface area contributed by atoms with Crippen molar-refractivity contribution in [1.82, 2.24) is 0 Å². The molecule has 0 amide bonds. The van der Waals surface area contributed by atoms with Gasteiger partial charge in [0.1, 0.15) is 0 Å². The molecule has 0 aromatic heterocycles. The lowest BCUT2D eigenvalue weighted by Gasteiger charge is -2.21. The number of rotatable bonds is 8. The summed E-state index contributed by atoms with van der Waals surface area (Å²) >= 11 is 0. The summed E-state index contributed by atoms with van der Waals surface area (Å²) in [6.45, 7) is 3.41. The van der Waals surface area contributed by atoms with Gasteiger partial charge in [-0.1, -0.05) is 38.7 Å². The lowest BCUT2D eigenvalue weighted by Crippen LogP contribution is -2.34. The summed E-state index contributed by atoms with van der Waals surface area (Å²) in [4.78, 5) is 0. The summed E-state index contributed by atoms with van der Waals surface area (Å²) in [6.07, 6.45) is 12.9. The van der Waals surface area contributed by atoms with Crippen LogP contribution in [-0.2, 0) is 0 Å². The van der Waals surface area contributed by atoms with Gasteiger partial charge in [0.15, 0.2) is 0 Å². The van der Waals surface area contributed by atoms with E-state index >= 15 is 0 Å². The zero-order chi connectivity index (χ0) is 10.9. The Morgan fingerprint density at radius 1 is 0.857 bits per heavy atom. The van der Waals surface area contributed by atoms with Gasteiger partial charge in [0.05, 0.1) is 27.7 Å². The highest BCUT2D eigenvalue weighted by atomic mass is 15.3. The molecule has 0 aliphatic heterocycles. The lowest BCUT2D eigenvalue weighted by molar-refractivity contribution is -0.864. The normalized spacial score (nSPS) is 12.6. The van der Waals surface area contributed by atoms with Gasteiger partial charge in [-0.3, -0.25) is 0 Å². The van der Waals surface area contributed by atoms with E-state index in [1.54, 1.807) is 0 Å². The van der Waals surface area contributed by atoms with Crippen molar-refractivity contribution >= 4 is 0 Å². The van der Waals surface area contributed by atoms with Crippen molar-refractivity contribution in [3.05, 3.63) is 12.2 Å². The average molecular weight is 198 g/mol. The number of hydrogen-bond acceptors (Lipinski definition) is 0. The van der Waals surface area contributed by atoms with Crippen LogP contribution in [-0.4, -0.2) is 32.2 Å². The minimum Gasteiger partial charge on any atom is -0.328 e. The van der Waals surface area contributed by atoms with Gasteiger partial charge in [-0.25, -0.2) is 0 Å². The van der Waals surface area contributed by atoms with Crippen molar-refractivity contribution in [1.29, 1.82) is 0 Å². The van der Waals surface area contributed by atoms with E-state index in [9.17, 15) is 0 Å². The van der Waals surface area contributed by atoms with Crippen LogP contribution in [0.15, 0.2) is 12.2 Å². The Labute approximate surface area is 90.4 Å². The first kappa shape index (κ1) is 13.7. The van der Waals surface area contributed by atoms with Crippen LogP contribution in [0.1, 0.15) is 45.4 Å². The van der Waals surface area contributed by atoms with Crippen LogP contribution in [0.2, 0.25) is 0 Å². The zero-order valence-electron chi connectivity index (χ0n) is 10.6. The topological polar surface area (TPSA) is 0 Å². The smallest absolute Gasteiger partial charge is 0.0967 e. The second-order valence-corrected chi connectivity index (χ2v) is 5.15. The van der Waals surface area contributed by atoms with Crippen LogP contribution in [0.25, 0.3) is 0 Å². The molecule has 0 atom stereocenters. The van der Waals surface area contributed by atoms with Crippen molar-refractivity contribution in [3.8, 4) is 0 Å². The van der Waals surface area contributed by atoms with E-state index in [1.807, 2.05) is 0 Å². The van der Waals surface area contributed by atoms with Crippen LogP contribution in [0.3, 0.4) is 0 Å². The molecule has 0 unspecified atom stereocenters. The Morgan fingerprint density at radius 3 is 2.07 bits per heavy atom. The molecule has 0 aliphatic carbocycles. The molecule has 0 heterocycles. The summed E-state index contributed by atoms with van der Waals surface area (Å²) in [5.74, 6) is 0. The van der Waals surface area contributed by atoms with Crippen LogP contribution >= 0.6 is 0 Å². The third kappa shape index (κ3) is 11.7. The van der Waals surface area contributed by atoms with Crippen LogP contribution in [0.4, 0.5) is 0 Å². The van der Waals surface area contributed by atoms with Crippen molar-refractivity contribution < 1.29 is 4.48 Å². The molecule has 0 saturated carbocycles. The molecule has 0 aromatic rings. The Morgan fingerprint density at radius 2 is 1.50 bits per heavy atom. The van der Waals surface area contributed by atoms with Crippen LogP contribution in [0, 0.1) is 0 Å². The second kappa shape index (κ2) is 8.05. The number of quaternary nitrogens is 1. The third-order valence-electron chi connectivity index (χ3n) is 2.29. The predicted octanol–water partition coefficient (Wildman–Crippen LogP) is 3.61. The first-order valence-corrected chi connectivity index (χ1v) is 6.01. The van der Waals surface area contributed by atoms with E-state index < -0.39 is 0 Å². The molecule has 1 nitrogen and oxygen atoms in total. The number of hydrogen-bond donors (Lipinski definition) is 0. The Bertz CT molecular complexity index is 142. The number of allylic oxidation sites excluding steroid dienone is 1. The Balaban J connectivity index is 3.19. The predicted molar refractivity (Wildman–Crippen MR) is 65.4 cm³/mol. The van der Waals surface area contributed by atoms with Crippen molar-refractivity contribution in [3.63, 3.8) is 0 Å². The summed E-state index contributed by atoms with van der Waals surface area (Å²) in [6, 6.07) is 0. The average Bonchev–Trinajstić information content (AvgIpc) is 2.08. The fourth-order valence-corrected chi connectivity index (χ4v) is 1.37. The van der Waals surface area contributed by atoms with Gasteiger partial charge in [0.25, 0.3) is 0 Å². The van der Waals surface area contributed by atoms with E-state index in [4.69, 9.17) is 0 Å². The van der Waals surface area contributed by atoms with Gasteiger partial charge in [-0.2, -0.15) is 0 Å². The van der Waals surface area contributed by atoms with Crippen LogP contribution < -0.4 is 0 Å². The highest BCUT2D eigenvalue weighted by Crippen LogP contribution is 2.05. The monoisotopic (exact) mass is 198 g/mol. The summed E-state index contributed by atoms with van der Waals surface area (Å²) in [5.41, 5.74) is 0. The summed E-state index contributed by atoms with van der Waals surface area (Å²) < 4.78 is 1.03. The molecular weight excluding hydrogens is 170 g/mol. The van der Waals surface area contributed by atoms with Gasteiger partial charge >= 0.3 is 0 Å². The quantitative estimate of drug-likeness (QED) is 0.317. The minimum absolute atomic E-state index is 1.03. The van der Waals surface area contributed by atoms with Gasteiger partial charge in [0, 0.05) is 0 Å². The maximum absolute atomic E-state index is 2.34. The second-order valence-electron chi connectivity index (χ2n) is 5.15. The van der Waals surface area contributed by atoms with Gasteiger partial charge in [-0.15, -0.1) is 0 Å². The summed E-state index contributed by atoms with van der Waals surface area (Å²) in [7, 11) is 6.68. The maximum Gasteiger partial charge on any atom is 0.0967 e. The SMILES string of the molecule is CCCCCCC/C=C/C[N+](C)(C)C. The number of unbranched alkanes of at least 4 members (excludes halogenated alkanes) is 5. The molecule has 0 spiro atoms. The maximum atomic E-state index is 2.34. The van der Waals surface area contributed by atoms with E-state index in [2.05, 4.69) is 40.2 Å². The van der Waals surface area contributed by atoms with Gasteiger partial charge < -0.3 is 4.48 Å². The Hall–Kier alpha value is -0.300. The molecule has 14 heavy (non-hydrogen) atoms. The number of likely N-dealkylation sites (N-methyl/N-ethyl adjacent to an activating group) is 1. The van der Waals surface area contributed by atoms with E-state index in [0.29, 0.717) is 0 Å². The summed E-state index contributed by atoms with van der Waals surface area (Å²) in [5, 5.41) is 0. The Kier molecular flexibility index (Phi) is 7.87. The molecule has 0 N–H and O–H groups in total. The molecule has 0 saturated heterocycles. The van der Waals surface area contributed by atoms with Crippen molar-refractivity contribution in [2.24, 2.45) is 0 Å². The lowest BCUT2D eigenvalue weighted by atomic mass is 10.1. The number of nitrogens with zero attached hydrogens (tertiary/aromatic N) is 1. The standard InChI is InChI=1S/C13H28N/c1-5-6-7-8-9-10-11-12-13-14(2,3)4/h11-12H,5-10,13H2,1-4H3/q+1/b12-11+. The highest BCUT2D eigenvalue weighted by molar-refractivity contribution is 4.81. The van der Waals surface area contributed by atoms with E-state index in [1.165, 1.54) is 38.5 Å². The molecule has 0 bridgehead atoms. The minimum atomic E-state index is 1.03. The van der Waals surface area contributed by atoms with Gasteiger partial charge in [0.2, 0.25) is 0 Å². The van der Waals surface area contributed by atoms with E-state index in [0.717, 1.165) is 11.0 Å². The fraction of sp³-hybridized carbons (Fsp3) is 0.846. The molecule has 0 radical (unpaired) electrons. The third-order valence-corrected chi connectivity index (χ3v) is 2.29. The fourth-order valence-electron chi connectivity index (χ4n) is 1.37. The van der Waals surface area contributed by atoms with Crippen molar-refractivity contribution in [2.75, 3.05) is 27.7 Å².